The second kappa shape index (κ2) is 8.19. The largest absolute Gasteiger partial charge is 0.337 e. The minimum atomic E-state index is -3.86. The van der Waals surface area contributed by atoms with Crippen molar-refractivity contribution in [1.82, 2.24) is 9.62 Å². The lowest BCUT2D eigenvalue weighted by Gasteiger charge is -2.22. The van der Waals surface area contributed by atoms with E-state index in [9.17, 15) is 13.2 Å². The summed E-state index contributed by atoms with van der Waals surface area (Å²) < 4.78 is 27.8. The molecule has 0 radical (unpaired) electrons. The molecule has 0 aromatic heterocycles. The number of nitrogens with one attached hydrogen (secondary N) is 1. The summed E-state index contributed by atoms with van der Waals surface area (Å²) in [4.78, 5) is 14.1. The maximum Gasteiger partial charge on any atom is 0.253 e. The van der Waals surface area contributed by atoms with Crippen LogP contribution in [-0.4, -0.2) is 31.8 Å². The molecule has 0 saturated carbocycles. The number of benzene rings is 2. The van der Waals surface area contributed by atoms with E-state index in [2.05, 4.69) is 4.72 Å². The zero-order valence-electron chi connectivity index (χ0n) is 15.6. The highest BCUT2D eigenvalue weighted by molar-refractivity contribution is 7.89. The number of hydrogen-bond acceptors (Lipinski definition) is 3. The molecule has 8 heteroatoms. The van der Waals surface area contributed by atoms with Crippen LogP contribution in [0.15, 0.2) is 47.4 Å². The van der Waals surface area contributed by atoms with E-state index >= 15 is 0 Å². The minimum absolute atomic E-state index is 0.0589. The fourth-order valence-electron chi connectivity index (χ4n) is 2.46. The first-order valence-corrected chi connectivity index (χ1v) is 10.5. The molecule has 0 bridgehead atoms. The molecule has 0 fully saturated rings. The number of nitrogens with zero attached hydrogens (tertiary/aromatic N) is 1. The predicted molar refractivity (Wildman–Crippen MR) is 109 cm³/mol. The molecule has 146 valence electrons. The summed E-state index contributed by atoms with van der Waals surface area (Å²) in [5.74, 6) is -0.311. The Bertz CT molecular complexity index is 936. The Morgan fingerprint density at radius 1 is 1.07 bits per heavy atom. The van der Waals surface area contributed by atoms with Crippen molar-refractivity contribution in [3.05, 3.63) is 63.6 Å². The topological polar surface area (TPSA) is 66.5 Å². The highest BCUT2D eigenvalue weighted by Crippen LogP contribution is 2.25. The Kier molecular flexibility index (Phi) is 6.58. The van der Waals surface area contributed by atoms with E-state index in [4.69, 9.17) is 23.2 Å². The molecule has 0 aliphatic heterocycles. The van der Waals surface area contributed by atoms with Gasteiger partial charge in [0.25, 0.3) is 5.91 Å². The zero-order valence-corrected chi connectivity index (χ0v) is 17.9. The molecule has 5 nitrogen and oxygen atoms in total. The van der Waals surface area contributed by atoms with Crippen LogP contribution in [0.1, 0.15) is 36.7 Å². The number of halogens is 2. The second-order valence-corrected chi connectivity index (χ2v) is 9.78. The van der Waals surface area contributed by atoms with Crippen molar-refractivity contribution in [3.63, 3.8) is 0 Å². The first kappa shape index (κ1) is 21.7. The van der Waals surface area contributed by atoms with Crippen LogP contribution in [0.3, 0.4) is 0 Å². The number of carbonyl (C=O) groups is 1. The van der Waals surface area contributed by atoms with Gasteiger partial charge in [-0.15, -0.1) is 0 Å². The van der Waals surface area contributed by atoms with Crippen LogP contribution >= 0.6 is 23.2 Å². The Morgan fingerprint density at radius 2 is 1.67 bits per heavy atom. The van der Waals surface area contributed by atoms with Crippen LogP contribution < -0.4 is 4.72 Å². The van der Waals surface area contributed by atoms with Gasteiger partial charge in [-0.2, -0.15) is 0 Å². The van der Waals surface area contributed by atoms with Crippen LogP contribution in [-0.2, 0) is 16.6 Å². The molecule has 0 aliphatic rings. The summed E-state index contributed by atoms with van der Waals surface area (Å²) in [5.41, 5.74) is 0.477. The summed E-state index contributed by atoms with van der Waals surface area (Å²) in [5, 5.41) is 0.676. The Morgan fingerprint density at radius 3 is 2.22 bits per heavy atom. The maximum atomic E-state index is 12.7. The van der Waals surface area contributed by atoms with Gasteiger partial charge in [0, 0.05) is 29.7 Å². The van der Waals surface area contributed by atoms with E-state index in [1.165, 1.54) is 23.1 Å². The highest BCUT2D eigenvalue weighted by Gasteiger charge is 2.26. The summed E-state index contributed by atoms with van der Waals surface area (Å²) >= 11 is 12.0. The number of hydrogen-bond donors (Lipinski definition) is 1. The fraction of sp³-hybridized carbons (Fsp3) is 0.316. The van der Waals surface area contributed by atoms with Gasteiger partial charge in [0.1, 0.15) is 4.90 Å². The number of sulfonamides is 1. The summed E-state index contributed by atoms with van der Waals surface area (Å²) in [6.07, 6.45) is 0. The third kappa shape index (κ3) is 5.94. The molecule has 0 saturated heterocycles. The minimum Gasteiger partial charge on any atom is -0.337 e. The van der Waals surface area contributed by atoms with Crippen molar-refractivity contribution < 1.29 is 13.2 Å². The van der Waals surface area contributed by atoms with Crippen molar-refractivity contribution >= 4 is 39.1 Å². The van der Waals surface area contributed by atoms with Crippen LogP contribution in [0, 0.1) is 0 Å². The maximum absolute atomic E-state index is 12.7. The molecule has 0 atom stereocenters. The number of carbonyl (C=O) groups excluding carboxylic acids is 1. The molecule has 1 amide bonds. The number of rotatable bonds is 5. The standard InChI is InChI=1S/C19H22Cl2N2O3S/c1-19(2,3)22-27(25,26)17-11-14(7-10-16(17)21)18(24)23(4)12-13-5-8-15(20)9-6-13/h5-11,22H,12H2,1-4H3. The first-order chi connectivity index (χ1) is 12.4. The van der Waals surface area contributed by atoms with Crippen molar-refractivity contribution in [2.45, 2.75) is 37.8 Å². The third-order valence-electron chi connectivity index (χ3n) is 3.59. The van der Waals surface area contributed by atoms with Gasteiger partial charge in [0.05, 0.1) is 5.02 Å². The van der Waals surface area contributed by atoms with Gasteiger partial charge in [-0.05, 0) is 56.7 Å². The normalized spacial score (nSPS) is 12.1. The molecule has 2 rings (SSSR count). The molecule has 0 aliphatic carbocycles. The predicted octanol–water partition coefficient (Wildman–Crippen LogP) is 4.34. The van der Waals surface area contributed by atoms with E-state index < -0.39 is 15.6 Å². The van der Waals surface area contributed by atoms with E-state index in [-0.39, 0.29) is 21.4 Å². The van der Waals surface area contributed by atoms with Gasteiger partial charge in [-0.1, -0.05) is 35.3 Å². The summed E-state index contributed by atoms with van der Waals surface area (Å²) in [6.45, 7) is 5.55. The summed E-state index contributed by atoms with van der Waals surface area (Å²) in [7, 11) is -2.22. The van der Waals surface area contributed by atoms with Gasteiger partial charge in [0.15, 0.2) is 0 Å². The molecular formula is C19H22Cl2N2O3S. The van der Waals surface area contributed by atoms with E-state index in [0.29, 0.717) is 11.6 Å². The third-order valence-corrected chi connectivity index (χ3v) is 6.08. The van der Waals surface area contributed by atoms with Crippen LogP contribution in [0.4, 0.5) is 0 Å². The lowest BCUT2D eigenvalue weighted by molar-refractivity contribution is 0.0785. The molecule has 27 heavy (non-hydrogen) atoms. The fourth-order valence-corrected chi connectivity index (χ4v) is 4.53. The van der Waals surface area contributed by atoms with Gasteiger partial charge in [0.2, 0.25) is 10.0 Å². The molecule has 2 aromatic rings. The van der Waals surface area contributed by atoms with Crippen molar-refractivity contribution in [2.24, 2.45) is 0 Å². The van der Waals surface area contributed by atoms with Crippen molar-refractivity contribution in [3.8, 4) is 0 Å². The lowest BCUT2D eigenvalue weighted by Crippen LogP contribution is -2.40. The Labute approximate surface area is 170 Å². The SMILES string of the molecule is CN(Cc1ccc(Cl)cc1)C(=O)c1ccc(Cl)c(S(=O)(=O)NC(C)(C)C)c1. The monoisotopic (exact) mass is 428 g/mol. The molecule has 0 spiro atoms. The molecule has 0 heterocycles. The average Bonchev–Trinajstić information content (AvgIpc) is 2.54. The van der Waals surface area contributed by atoms with Crippen LogP contribution in [0.25, 0.3) is 0 Å². The zero-order chi connectivity index (χ0) is 20.4. The lowest BCUT2D eigenvalue weighted by atomic mass is 10.1. The average molecular weight is 429 g/mol. The van der Waals surface area contributed by atoms with Gasteiger partial charge < -0.3 is 4.90 Å². The number of amides is 1. The van der Waals surface area contributed by atoms with Gasteiger partial charge >= 0.3 is 0 Å². The quantitative estimate of drug-likeness (QED) is 0.769. The van der Waals surface area contributed by atoms with Gasteiger partial charge in [-0.3, -0.25) is 4.79 Å². The molecular weight excluding hydrogens is 407 g/mol. The Hall–Kier alpha value is -1.60. The van der Waals surface area contributed by atoms with E-state index in [0.717, 1.165) is 5.56 Å². The van der Waals surface area contributed by atoms with Crippen molar-refractivity contribution in [1.29, 1.82) is 0 Å². The van der Waals surface area contributed by atoms with Crippen LogP contribution in [0.5, 0.6) is 0 Å². The second-order valence-electron chi connectivity index (χ2n) is 7.29. The molecule has 1 N–H and O–H groups in total. The van der Waals surface area contributed by atoms with Crippen molar-refractivity contribution in [2.75, 3.05) is 7.05 Å². The van der Waals surface area contributed by atoms with Gasteiger partial charge in [-0.25, -0.2) is 13.1 Å². The van der Waals surface area contributed by atoms with E-state index in [1.54, 1.807) is 40.0 Å². The highest BCUT2D eigenvalue weighted by atomic mass is 35.5. The smallest absolute Gasteiger partial charge is 0.253 e. The molecule has 0 unspecified atom stereocenters. The van der Waals surface area contributed by atoms with E-state index in [1.807, 2.05) is 12.1 Å². The molecule has 2 aromatic carbocycles. The Balaban J connectivity index is 2.28. The summed E-state index contributed by atoms with van der Waals surface area (Å²) in [6, 6.07) is 11.4. The van der Waals surface area contributed by atoms with Crippen LogP contribution in [0.2, 0.25) is 10.0 Å². The first-order valence-electron chi connectivity index (χ1n) is 8.22.